The van der Waals surface area contributed by atoms with Crippen molar-refractivity contribution in [1.82, 2.24) is 0 Å². The van der Waals surface area contributed by atoms with Crippen LogP contribution < -0.4 is 5.32 Å². The van der Waals surface area contributed by atoms with E-state index in [1.165, 1.54) is 0 Å². The van der Waals surface area contributed by atoms with Crippen LogP contribution >= 0.6 is 23.4 Å². The average molecular weight is 336 g/mol. The number of halogens is 1. The van der Waals surface area contributed by atoms with Gasteiger partial charge in [0, 0.05) is 22.0 Å². The van der Waals surface area contributed by atoms with Gasteiger partial charge in [0.25, 0.3) is 0 Å². The summed E-state index contributed by atoms with van der Waals surface area (Å²) in [6, 6.07) is 14.9. The van der Waals surface area contributed by atoms with Crippen LogP contribution in [0.3, 0.4) is 0 Å². The quantitative estimate of drug-likeness (QED) is 0.584. The predicted molar refractivity (Wildman–Crippen MR) is 92.4 cm³/mol. The largest absolute Gasteiger partial charge is 0.392 e. The van der Waals surface area contributed by atoms with Gasteiger partial charge in [0.2, 0.25) is 5.91 Å². The van der Waals surface area contributed by atoms with E-state index in [0.29, 0.717) is 6.42 Å². The summed E-state index contributed by atoms with van der Waals surface area (Å²) in [7, 11) is 0. The molecule has 0 heterocycles. The average Bonchev–Trinajstić information content (AvgIpc) is 2.53. The molecule has 0 unspecified atom stereocenters. The highest BCUT2D eigenvalue weighted by atomic mass is 35.5. The molecule has 0 radical (unpaired) electrons. The van der Waals surface area contributed by atoms with Crippen LogP contribution in [0, 0.1) is 0 Å². The maximum atomic E-state index is 11.9. The second kappa shape index (κ2) is 8.83. The normalized spacial score (nSPS) is 10.5. The van der Waals surface area contributed by atoms with Gasteiger partial charge < -0.3 is 10.4 Å². The van der Waals surface area contributed by atoms with Gasteiger partial charge in [-0.1, -0.05) is 23.7 Å². The molecule has 2 aromatic rings. The number of anilines is 1. The van der Waals surface area contributed by atoms with Gasteiger partial charge in [-0.05, 0) is 54.1 Å². The van der Waals surface area contributed by atoms with Gasteiger partial charge >= 0.3 is 0 Å². The molecule has 5 heteroatoms. The third kappa shape index (κ3) is 5.72. The van der Waals surface area contributed by atoms with E-state index in [1.807, 2.05) is 42.5 Å². The van der Waals surface area contributed by atoms with Crippen LogP contribution in [-0.4, -0.2) is 16.8 Å². The number of carbonyl (C=O) groups is 1. The van der Waals surface area contributed by atoms with Crippen LogP contribution in [0.1, 0.15) is 18.4 Å². The predicted octanol–water partition coefficient (Wildman–Crippen LogP) is 4.34. The monoisotopic (exact) mass is 335 g/mol. The number of hydrogen-bond acceptors (Lipinski definition) is 3. The molecule has 0 aliphatic carbocycles. The molecule has 0 fully saturated rings. The summed E-state index contributed by atoms with van der Waals surface area (Å²) < 4.78 is 0. The smallest absolute Gasteiger partial charge is 0.224 e. The molecule has 2 rings (SSSR count). The fourth-order valence-corrected chi connectivity index (χ4v) is 2.90. The minimum absolute atomic E-state index is 0.00760. The Kier molecular flexibility index (Phi) is 6.77. The first-order valence-electron chi connectivity index (χ1n) is 7.05. The number of nitrogens with one attached hydrogen (secondary N) is 1. The zero-order valence-electron chi connectivity index (χ0n) is 12.1. The van der Waals surface area contributed by atoms with Crippen LogP contribution in [0.5, 0.6) is 0 Å². The fourth-order valence-electron chi connectivity index (χ4n) is 1.92. The summed E-state index contributed by atoms with van der Waals surface area (Å²) in [4.78, 5) is 13.0. The summed E-state index contributed by atoms with van der Waals surface area (Å²) in [5, 5.41) is 12.6. The van der Waals surface area contributed by atoms with E-state index in [1.54, 1.807) is 17.8 Å². The molecule has 3 nitrogen and oxygen atoms in total. The summed E-state index contributed by atoms with van der Waals surface area (Å²) in [6.07, 6.45) is 1.28. The Bertz CT molecular complexity index is 616. The van der Waals surface area contributed by atoms with Crippen molar-refractivity contribution < 1.29 is 9.90 Å². The maximum absolute atomic E-state index is 11.9. The third-order valence-electron chi connectivity index (χ3n) is 3.02. The van der Waals surface area contributed by atoms with Gasteiger partial charge in [-0.15, -0.1) is 11.8 Å². The van der Waals surface area contributed by atoms with Crippen molar-refractivity contribution in [2.75, 3.05) is 11.1 Å². The SMILES string of the molecule is O=C(CCCSc1ccc(Cl)cc1)Nc1cccc(CO)c1. The molecule has 0 aromatic heterocycles. The molecule has 0 atom stereocenters. The van der Waals surface area contributed by atoms with Crippen LogP contribution in [0.15, 0.2) is 53.4 Å². The van der Waals surface area contributed by atoms with Crippen LogP contribution in [0.25, 0.3) is 0 Å². The second-order valence-electron chi connectivity index (χ2n) is 4.81. The van der Waals surface area contributed by atoms with E-state index in [0.717, 1.165) is 33.3 Å². The highest BCUT2D eigenvalue weighted by Crippen LogP contribution is 2.21. The Morgan fingerprint density at radius 3 is 2.68 bits per heavy atom. The number of rotatable bonds is 7. The van der Waals surface area contributed by atoms with Gasteiger partial charge in [-0.2, -0.15) is 0 Å². The number of aliphatic hydroxyl groups excluding tert-OH is 1. The maximum Gasteiger partial charge on any atom is 0.224 e. The molecule has 0 saturated heterocycles. The van der Waals surface area contributed by atoms with Gasteiger partial charge in [-0.3, -0.25) is 4.79 Å². The van der Waals surface area contributed by atoms with Gasteiger partial charge in [0.1, 0.15) is 0 Å². The first kappa shape index (κ1) is 16.9. The van der Waals surface area contributed by atoms with Gasteiger partial charge in [0.15, 0.2) is 0 Å². The zero-order chi connectivity index (χ0) is 15.8. The Morgan fingerprint density at radius 1 is 1.18 bits per heavy atom. The summed E-state index contributed by atoms with van der Waals surface area (Å²) in [5.74, 6) is 0.873. The molecule has 1 amide bonds. The zero-order valence-corrected chi connectivity index (χ0v) is 13.7. The standard InChI is InChI=1S/C17H18ClNO2S/c18-14-6-8-16(9-7-14)22-10-2-5-17(21)19-15-4-1-3-13(11-15)12-20/h1,3-4,6-9,11,20H,2,5,10,12H2,(H,19,21). The van der Waals surface area contributed by atoms with Gasteiger partial charge in [-0.25, -0.2) is 0 Å². The topological polar surface area (TPSA) is 49.3 Å². The van der Waals surface area contributed by atoms with E-state index in [4.69, 9.17) is 16.7 Å². The molecule has 2 aromatic carbocycles. The molecule has 22 heavy (non-hydrogen) atoms. The number of benzene rings is 2. The first-order chi connectivity index (χ1) is 10.7. The summed E-state index contributed by atoms with van der Waals surface area (Å²) in [5.41, 5.74) is 1.51. The third-order valence-corrected chi connectivity index (χ3v) is 4.37. The van der Waals surface area contributed by atoms with Crippen LogP contribution in [0.4, 0.5) is 5.69 Å². The molecule has 2 N–H and O–H groups in total. The first-order valence-corrected chi connectivity index (χ1v) is 8.42. The van der Waals surface area contributed by atoms with Crippen molar-refractivity contribution in [2.24, 2.45) is 0 Å². The Hall–Kier alpha value is -1.49. The van der Waals surface area contributed by atoms with Crippen LogP contribution in [0.2, 0.25) is 5.02 Å². The van der Waals surface area contributed by atoms with Crippen molar-refractivity contribution in [2.45, 2.75) is 24.3 Å². The number of hydrogen-bond donors (Lipinski definition) is 2. The molecule has 116 valence electrons. The molecule has 0 bridgehead atoms. The van der Waals surface area contributed by atoms with Crippen molar-refractivity contribution in [3.05, 3.63) is 59.1 Å². The molecule has 0 aliphatic rings. The number of thioether (sulfide) groups is 1. The van der Waals surface area contributed by atoms with Crippen molar-refractivity contribution in [1.29, 1.82) is 0 Å². The summed E-state index contributed by atoms with van der Waals surface area (Å²) >= 11 is 7.55. The number of amides is 1. The van der Waals surface area contributed by atoms with E-state index in [-0.39, 0.29) is 12.5 Å². The van der Waals surface area contributed by atoms with Crippen molar-refractivity contribution in [3.63, 3.8) is 0 Å². The Balaban J connectivity index is 1.70. The fraction of sp³-hybridized carbons (Fsp3) is 0.235. The highest BCUT2D eigenvalue weighted by Gasteiger charge is 2.03. The second-order valence-corrected chi connectivity index (χ2v) is 6.42. The minimum Gasteiger partial charge on any atom is -0.392 e. The molecular formula is C17H18ClNO2S. The lowest BCUT2D eigenvalue weighted by molar-refractivity contribution is -0.116. The number of carbonyl (C=O) groups excluding carboxylic acids is 1. The Labute approximate surface area is 139 Å². The minimum atomic E-state index is -0.0263. The molecule has 0 spiro atoms. The lowest BCUT2D eigenvalue weighted by atomic mass is 10.2. The highest BCUT2D eigenvalue weighted by molar-refractivity contribution is 7.99. The van der Waals surface area contributed by atoms with E-state index in [9.17, 15) is 4.79 Å². The molecule has 0 aliphatic heterocycles. The van der Waals surface area contributed by atoms with E-state index < -0.39 is 0 Å². The lowest BCUT2D eigenvalue weighted by Crippen LogP contribution is -2.11. The van der Waals surface area contributed by atoms with Crippen molar-refractivity contribution in [3.8, 4) is 0 Å². The van der Waals surface area contributed by atoms with Gasteiger partial charge in [0.05, 0.1) is 6.61 Å². The van der Waals surface area contributed by atoms with Crippen LogP contribution in [-0.2, 0) is 11.4 Å². The molecule has 0 saturated carbocycles. The lowest BCUT2D eigenvalue weighted by Gasteiger charge is -2.06. The number of aliphatic hydroxyl groups is 1. The van der Waals surface area contributed by atoms with E-state index >= 15 is 0 Å². The van der Waals surface area contributed by atoms with E-state index in [2.05, 4.69) is 5.32 Å². The summed E-state index contributed by atoms with van der Waals surface area (Å²) in [6.45, 7) is -0.0263. The Morgan fingerprint density at radius 2 is 1.95 bits per heavy atom. The van der Waals surface area contributed by atoms with Crippen molar-refractivity contribution >= 4 is 35.0 Å². The molecular weight excluding hydrogens is 318 g/mol.